The first-order chi connectivity index (χ1) is 17.2. The third kappa shape index (κ3) is 7.96. The van der Waals surface area contributed by atoms with Crippen molar-refractivity contribution in [3.05, 3.63) is 106 Å². The predicted octanol–water partition coefficient (Wildman–Crippen LogP) is 6.35. The Morgan fingerprint density at radius 1 is 0.889 bits per heavy atom. The summed E-state index contributed by atoms with van der Waals surface area (Å²) in [5.74, 6) is -0.201. The van der Waals surface area contributed by atoms with Crippen LogP contribution in [0.3, 0.4) is 0 Å². The van der Waals surface area contributed by atoms with Crippen LogP contribution in [0.2, 0.25) is 5.02 Å². The van der Waals surface area contributed by atoms with Crippen LogP contribution in [-0.2, 0) is 34.4 Å². The molecule has 0 aromatic heterocycles. The second-order valence-electron chi connectivity index (χ2n) is 10.2. The van der Waals surface area contributed by atoms with Gasteiger partial charge in [-0.1, -0.05) is 99.1 Å². The van der Waals surface area contributed by atoms with E-state index in [2.05, 4.69) is 50.4 Å². The number of likely N-dealkylation sites (N-methyl/N-ethyl adjacent to an activating group) is 1. The van der Waals surface area contributed by atoms with Crippen LogP contribution in [0.1, 0.15) is 56.4 Å². The van der Waals surface area contributed by atoms with Crippen LogP contribution in [0, 0.1) is 0 Å². The SMILES string of the molecule is CCNC(=O)C(Cc1ccccc1)N(Cc1cccc(Cl)c1)C(=O)CCc1ccc(C(C)(C)C)cc1. The molecule has 1 atom stereocenters. The van der Waals surface area contributed by atoms with Crippen molar-refractivity contribution in [1.82, 2.24) is 10.2 Å². The molecule has 0 aliphatic carbocycles. The number of nitrogens with zero attached hydrogens (tertiary/aromatic N) is 1. The van der Waals surface area contributed by atoms with E-state index in [4.69, 9.17) is 11.6 Å². The number of aryl methyl sites for hydroxylation is 1. The molecular weight excluding hydrogens is 468 g/mol. The molecule has 3 rings (SSSR count). The molecule has 36 heavy (non-hydrogen) atoms. The summed E-state index contributed by atoms with van der Waals surface area (Å²) in [5.41, 5.74) is 4.36. The van der Waals surface area contributed by atoms with E-state index < -0.39 is 6.04 Å². The van der Waals surface area contributed by atoms with Gasteiger partial charge in [-0.25, -0.2) is 0 Å². The topological polar surface area (TPSA) is 49.4 Å². The van der Waals surface area contributed by atoms with E-state index in [0.717, 1.165) is 16.7 Å². The molecule has 3 aromatic carbocycles. The molecule has 1 N–H and O–H groups in total. The number of halogens is 1. The van der Waals surface area contributed by atoms with Crippen molar-refractivity contribution >= 4 is 23.4 Å². The predicted molar refractivity (Wildman–Crippen MR) is 148 cm³/mol. The Hall–Kier alpha value is -3.11. The zero-order valence-electron chi connectivity index (χ0n) is 21.8. The van der Waals surface area contributed by atoms with Gasteiger partial charge >= 0.3 is 0 Å². The van der Waals surface area contributed by atoms with Crippen molar-refractivity contribution in [3.8, 4) is 0 Å². The third-order valence-corrected chi connectivity index (χ3v) is 6.55. The molecule has 0 aliphatic heterocycles. The van der Waals surface area contributed by atoms with Crippen molar-refractivity contribution in [2.24, 2.45) is 0 Å². The number of nitrogens with one attached hydrogen (secondary N) is 1. The summed E-state index contributed by atoms with van der Waals surface area (Å²) in [6, 6.07) is 25.2. The van der Waals surface area contributed by atoms with Crippen LogP contribution < -0.4 is 5.32 Å². The zero-order chi connectivity index (χ0) is 26.1. The molecule has 0 fully saturated rings. The molecule has 0 radical (unpaired) electrons. The summed E-state index contributed by atoms with van der Waals surface area (Å²) in [6.45, 7) is 9.27. The first-order valence-corrected chi connectivity index (χ1v) is 13.0. The van der Waals surface area contributed by atoms with Gasteiger partial charge in [-0.2, -0.15) is 0 Å². The molecule has 1 unspecified atom stereocenters. The Bertz CT molecular complexity index is 1140. The van der Waals surface area contributed by atoms with Crippen LogP contribution >= 0.6 is 11.6 Å². The van der Waals surface area contributed by atoms with Crippen molar-refractivity contribution < 1.29 is 9.59 Å². The van der Waals surface area contributed by atoms with Crippen LogP contribution in [0.4, 0.5) is 0 Å². The molecule has 0 spiro atoms. The Morgan fingerprint density at radius 2 is 1.56 bits per heavy atom. The minimum absolute atomic E-state index is 0.0537. The smallest absolute Gasteiger partial charge is 0.243 e. The summed E-state index contributed by atoms with van der Waals surface area (Å²) in [6.07, 6.45) is 1.38. The van der Waals surface area contributed by atoms with Gasteiger partial charge in [0.2, 0.25) is 11.8 Å². The number of carbonyl (C=O) groups excluding carboxylic acids is 2. The third-order valence-electron chi connectivity index (χ3n) is 6.31. The second kappa shape index (κ2) is 12.7. The highest BCUT2D eigenvalue weighted by molar-refractivity contribution is 6.30. The highest BCUT2D eigenvalue weighted by Gasteiger charge is 2.30. The van der Waals surface area contributed by atoms with Crippen LogP contribution in [-0.4, -0.2) is 29.3 Å². The average Bonchev–Trinajstić information content (AvgIpc) is 2.85. The molecular formula is C31H37ClN2O2. The quantitative estimate of drug-likeness (QED) is 0.350. The number of hydrogen-bond acceptors (Lipinski definition) is 2. The monoisotopic (exact) mass is 504 g/mol. The molecule has 0 aliphatic rings. The molecule has 0 saturated carbocycles. The molecule has 2 amide bonds. The van der Waals surface area contributed by atoms with E-state index in [1.54, 1.807) is 4.90 Å². The van der Waals surface area contributed by atoms with E-state index in [1.807, 2.05) is 61.5 Å². The first-order valence-electron chi connectivity index (χ1n) is 12.6. The highest BCUT2D eigenvalue weighted by Crippen LogP contribution is 2.23. The van der Waals surface area contributed by atoms with E-state index in [-0.39, 0.29) is 17.2 Å². The zero-order valence-corrected chi connectivity index (χ0v) is 22.5. The lowest BCUT2D eigenvalue weighted by Gasteiger charge is -2.31. The number of carbonyl (C=O) groups is 2. The highest BCUT2D eigenvalue weighted by atomic mass is 35.5. The lowest BCUT2D eigenvalue weighted by Crippen LogP contribution is -2.50. The molecule has 3 aromatic rings. The van der Waals surface area contributed by atoms with Crippen LogP contribution in [0.15, 0.2) is 78.9 Å². The molecule has 4 nitrogen and oxygen atoms in total. The maximum atomic E-state index is 13.7. The van der Waals surface area contributed by atoms with Crippen molar-refractivity contribution in [1.29, 1.82) is 0 Å². The molecule has 190 valence electrons. The van der Waals surface area contributed by atoms with E-state index in [9.17, 15) is 9.59 Å². The van der Waals surface area contributed by atoms with Crippen molar-refractivity contribution in [3.63, 3.8) is 0 Å². The normalized spacial score (nSPS) is 12.1. The Morgan fingerprint density at radius 3 is 2.17 bits per heavy atom. The van der Waals surface area contributed by atoms with Gasteiger partial charge in [-0.05, 0) is 53.1 Å². The van der Waals surface area contributed by atoms with E-state index in [1.165, 1.54) is 5.56 Å². The largest absolute Gasteiger partial charge is 0.355 e. The average molecular weight is 505 g/mol. The number of amides is 2. The molecule has 5 heteroatoms. The lowest BCUT2D eigenvalue weighted by molar-refractivity contribution is -0.141. The maximum Gasteiger partial charge on any atom is 0.243 e. The summed E-state index contributed by atoms with van der Waals surface area (Å²) >= 11 is 6.23. The van der Waals surface area contributed by atoms with Crippen molar-refractivity contribution in [2.45, 2.75) is 65.0 Å². The Balaban J connectivity index is 1.86. The number of hydrogen-bond donors (Lipinski definition) is 1. The lowest BCUT2D eigenvalue weighted by atomic mass is 9.86. The fraction of sp³-hybridized carbons (Fsp3) is 0.355. The standard InChI is InChI=1S/C31H37ClN2O2/c1-5-33-30(36)28(21-24-10-7-6-8-11-24)34(22-25-12-9-13-27(32)20-25)29(35)19-16-23-14-17-26(18-15-23)31(2,3)4/h6-15,17-18,20,28H,5,16,19,21-22H2,1-4H3,(H,33,36). The van der Waals surface area contributed by atoms with E-state index in [0.29, 0.717) is 37.4 Å². The van der Waals surface area contributed by atoms with Gasteiger partial charge in [-0.15, -0.1) is 0 Å². The fourth-order valence-corrected chi connectivity index (χ4v) is 4.46. The fourth-order valence-electron chi connectivity index (χ4n) is 4.24. The summed E-state index contributed by atoms with van der Waals surface area (Å²) in [7, 11) is 0. The number of benzene rings is 3. The summed E-state index contributed by atoms with van der Waals surface area (Å²) in [5, 5.41) is 3.54. The molecule has 0 bridgehead atoms. The number of rotatable bonds is 10. The Labute approximate surface area is 220 Å². The molecule has 0 saturated heterocycles. The van der Waals surface area contributed by atoms with Gasteiger partial charge in [0.15, 0.2) is 0 Å². The summed E-state index contributed by atoms with van der Waals surface area (Å²) in [4.78, 5) is 28.6. The molecule has 0 heterocycles. The summed E-state index contributed by atoms with van der Waals surface area (Å²) < 4.78 is 0. The van der Waals surface area contributed by atoms with Gasteiger partial charge in [0.05, 0.1) is 0 Å². The van der Waals surface area contributed by atoms with Gasteiger partial charge in [0, 0.05) is 31.0 Å². The minimum atomic E-state index is -0.623. The van der Waals surface area contributed by atoms with Gasteiger partial charge in [0.25, 0.3) is 0 Å². The van der Waals surface area contributed by atoms with E-state index >= 15 is 0 Å². The van der Waals surface area contributed by atoms with Gasteiger partial charge in [0.1, 0.15) is 6.04 Å². The van der Waals surface area contributed by atoms with Gasteiger partial charge < -0.3 is 10.2 Å². The first kappa shape index (κ1) is 27.5. The Kier molecular flexibility index (Phi) is 9.72. The van der Waals surface area contributed by atoms with Crippen LogP contribution in [0.25, 0.3) is 0 Å². The van der Waals surface area contributed by atoms with Gasteiger partial charge in [-0.3, -0.25) is 9.59 Å². The van der Waals surface area contributed by atoms with Crippen molar-refractivity contribution in [2.75, 3.05) is 6.54 Å². The minimum Gasteiger partial charge on any atom is -0.355 e. The van der Waals surface area contributed by atoms with Crippen LogP contribution in [0.5, 0.6) is 0 Å². The second-order valence-corrected chi connectivity index (χ2v) is 10.6. The maximum absolute atomic E-state index is 13.7.